The lowest BCUT2D eigenvalue weighted by Gasteiger charge is -2.14. The van der Waals surface area contributed by atoms with Gasteiger partial charge in [0.15, 0.2) is 0 Å². The zero-order valence-electron chi connectivity index (χ0n) is 18.2. The van der Waals surface area contributed by atoms with Gasteiger partial charge in [-0.15, -0.1) is 0 Å². The number of pyridine rings is 1. The molecule has 0 aliphatic carbocycles. The number of ether oxygens (including phenoxy) is 1. The Hall–Kier alpha value is -2.86. The van der Waals surface area contributed by atoms with Gasteiger partial charge in [0.2, 0.25) is 0 Å². The lowest BCUT2D eigenvalue weighted by atomic mass is 9.99. The predicted molar refractivity (Wildman–Crippen MR) is 136 cm³/mol. The summed E-state index contributed by atoms with van der Waals surface area (Å²) in [6, 6.07) is 15.6. The number of hydrogen-bond donors (Lipinski definition) is 2. The van der Waals surface area contributed by atoms with E-state index in [2.05, 4.69) is 9.71 Å². The van der Waals surface area contributed by atoms with Crippen molar-refractivity contribution in [3.05, 3.63) is 78.6 Å². The molecule has 178 valence electrons. The van der Waals surface area contributed by atoms with Gasteiger partial charge in [0.1, 0.15) is 6.04 Å². The average Bonchev–Trinajstić information content (AvgIpc) is 2.83. The molecular formula is C23H23N3O5S3. The van der Waals surface area contributed by atoms with Crippen molar-refractivity contribution in [3.63, 3.8) is 0 Å². The molecule has 8 nitrogen and oxygen atoms in total. The van der Waals surface area contributed by atoms with Crippen molar-refractivity contribution < 1.29 is 22.7 Å². The summed E-state index contributed by atoms with van der Waals surface area (Å²) in [5.74, 6) is -1.01. The highest BCUT2D eigenvalue weighted by Gasteiger charge is 2.23. The number of nitrogens with zero attached hydrogens (tertiary/aromatic N) is 1. The van der Waals surface area contributed by atoms with Crippen LogP contribution >= 0.6 is 22.6 Å². The number of esters is 2. The minimum atomic E-state index is -3.82. The van der Waals surface area contributed by atoms with Crippen LogP contribution in [0.1, 0.15) is 16.8 Å². The molecule has 11 heteroatoms. The minimum Gasteiger partial charge on any atom is -0.388 e. The molecule has 0 unspecified atom stereocenters. The van der Waals surface area contributed by atoms with Crippen LogP contribution in [0.25, 0.3) is 11.1 Å². The van der Waals surface area contributed by atoms with Crippen LogP contribution in [0.2, 0.25) is 0 Å². The van der Waals surface area contributed by atoms with Crippen molar-refractivity contribution in [2.45, 2.75) is 17.4 Å². The van der Waals surface area contributed by atoms with Gasteiger partial charge in [-0.25, -0.2) is 9.59 Å². The quantitative estimate of drug-likeness (QED) is 0.233. The van der Waals surface area contributed by atoms with Gasteiger partial charge in [-0.05, 0) is 59.9 Å². The van der Waals surface area contributed by atoms with Crippen molar-refractivity contribution in [1.82, 2.24) is 4.98 Å². The Balaban J connectivity index is 1.86. The molecule has 0 bridgehead atoms. The van der Waals surface area contributed by atoms with Crippen LogP contribution in [0.15, 0.2) is 78.0 Å². The molecule has 1 aromatic heterocycles. The lowest BCUT2D eigenvalue weighted by molar-refractivity contribution is -0.139. The van der Waals surface area contributed by atoms with Crippen LogP contribution in [-0.2, 0) is 18.6 Å². The van der Waals surface area contributed by atoms with Gasteiger partial charge in [0, 0.05) is 33.8 Å². The lowest BCUT2D eigenvalue weighted by Crippen LogP contribution is -2.34. The van der Waals surface area contributed by atoms with Gasteiger partial charge in [-0.1, -0.05) is 30.3 Å². The first-order valence-corrected chi connectivity index (χ1v) is 14.3. The van der Waals surface area contributed by atoms with Crippen LogP contribution in [0.3, 0.4) is 0 Å². The maximum Gasteiger partial charge on any atom is 0.346 e. The summed E-state index contributed by atoms with van der Waals surface area (Å²) in [7, 11) is -3.20. The summed E-state index contributed by atoms with van der Waals surface area (Å²) < 4.78 is 32.7. The second-order valence-corrected chi connectivity index (χ2v) is 11.6. The number of carbonyl (C=O) groups is 2. The number of nitrogens with two attached hydrogens (primary N) is 1. The van der Waals surface area contributed by atoms with Crippen molar-refractivity contribution in [2.75, 3.05) is 16.7 Å². The van der Waals surface area contributed by atoms with Crippen molar-refractivity contribution in [2.24, 2.45) is 5.73 Å². The van der Waals surface area contributed by atoms with E-state index in [0.29, 0.717) is 39.0 Å². The Morgan fingerprint density at radius 2 is 1.88 bits per heavy atom. The molecule has 0 saturated carbocycles. The summed E-state index contributed by atoms with van der Waals surface area (Å²) in [5.41, 5.74) is 7.22. The Morgan fingerprint density at radius 3 is 2.56 bits per heavy atom. The molecule has 0 amide bonds. The van der Waals surface area contributed by atoms with E-state index < -0.39 is 27.0 Å². The maximum atomic E-state index is 12.8. The average molecular weight is 518 g/mol. The van der Waals surface area contributed by atoms with E-state index in [9.17, 15) is 18.0 Å². The van der Waals surface area contributed by atoms with E-state index in [0.717, 1.165) is 0 Å². The number of hydrogen-bond acceptors (Lipinski definition) is 9. The minimum absolute atomic E-state index is 0.111. The normalized spacial score (nSPS) is 12.1. The third-order valence-electron chi connectivity index (χ3n) is 4.54. The molecule has 1 heterocycles. The number of anilines is 1. The highest BCUT2D eigenvalue weighted by molar-refractivity contribution is 8.72. The van der Waals surface area contributed by atoms with Crippen LogP contribution in [-0.4, -0.2) is 43.4 Å². The fourth-order valence-corrected chi connectivity index (χ4v) is 5.82. The molecule has 0 aliphatic rings. The van der Waals surface area contributed by atoms with Gasteiger partial charge < -0.3 is 10.5 Å². The van der Waals surface area contributed by atoms with E-state index in [4.69, 9.17) is 10.5 Å². The van der Waals surface area contributed by atoms with E-state index in [1.807, 2.05) is 12.3 Å². The third kappa shape index (κ3) is 7.32. The number of benzene rings is 2. The SMILES string of the molecule is CSCC[C@H](N)C(=O)OC(=O)c1ccc(NS(=O)(=O)Sc2cccnc2)cc1-c1ccccc1. The smallest absolute Gasteiger partial charge is 0.346 e. The molecule has 3 rings (SSSR count). The number of thioether (sulfide) groups is 1. The van der Waals surface area contributed by atoms with Gasteiger partial charge in [-0.2, -0.15) is 20.2 Å². The molecule has 0 spiro atoms. The molecule has 1 atom stereocenters. The van der Waals surface area contributed by atoms with Gasteiger partial charge >= 0.3 is 11.9 Å². The standard InChI is InChI=1S/C23H23N3O5S3/c1-32-13-11-21(24)23(28)31-22(27)19-10-9-17(14-20(19)16-6-3-2-4-7-16)26-34(29,30)33-18-8-5-12-25-15-18/h2-10,12,14-15,21,26H,11,13,24H2,1H3/t21-/m0/s1. The van der Waals surface area contributed by atoms with E-state index in [-0.39, 0.29) is 11.3 Å². The number of rotatable bonds is 10. The molecule has 0 fully saturated rings. The monoisotopic (exact) mass is 517 g/mol. The summed E-state index contributed by atoms with van der Waals surface area (Å²) in [5, 5.41) is 0. The zero-order valence-corrected chi connectivity index (χ0v) is 20.7. The van der Waals surface area contributed by atoms with Gasteiger partial charge in [0.25, 0.3) is 9.06 Å². The van der Waals surface area contributed by atoms with Crippen molar-refractivity contribution in [1.29, 1.82) is 0 Å². The molecule has 3 N–H and O–H groups in total. The predicted octanol–water partition coefficient (Wildman–Crippen LogP) is 3.96. The fraction of sp³-hybridized carbons (Fsp3) is 0.174. The first kappa shape index (κ1) is 25.8. The van der Waals surface area contributed by atoms with Crippen LogP contribution in [0.4, 0.5) is 5.69 Å². The summed E-state index contributed by atoms with van der Waals surface area (Å²) >= 11 is 1.53. The summed E-state index contributed by atoms with van der Waals surface area (Å²) in [4.78, 5) is 29.4. The summed E-state index contributed by atoms with van der Waals surface area (Å²) in [6.45, 7) is 0. The Bertz CT molecular complexity index is 1240. The number of carbonyl (C=O) groups excluding carboxylic acids is 2. The van der Waals surface area contributed by atoms with Crippen LogP contribution in [0, 0.1) is 0 Å². The first-order chi connectivity index (χ1) is 16.3. The molecule has 0 radical (unpaired) electrons. The molecule has 34 heavy (non-hydrogen) atoms. The second-order valence-electron chi connectivity index (χ2n) is 7.05. The number of nitrogens with one attached hydrogen (secondary N) is 1. The highest BCUT2D eigenvalue weighted by Crippen LogP contribution is 2.31. The Labute approximate surface area is 206 Å². The van der Waals surface area contributed by atoms with Crippen molar-refractivity contribution >= 4 is 49.2 Å². The first-order valence-electron chi connectivity index (χ1n) is 10.1. The Morgan fingerprint density at radius 1 is 1.12 bits per heavy atom. The molecular weight excluding hydrogens is 494 g/mol. The topological polar surface area (TPSA) is 128 Å². The number of aromatic nitrogens is 1. The largest absolute Gasteiger partial charge is 0.388 e. The van der Waals surface area contributed by atoms with Gasteiger partial charge in [0.05, 0.1) is 5.56 Å². The van der Waals surface area contributed by atoms with E-state index in [1.54, 1.807) is 42.6 Å². The maximum absolute atomic E-state index is 12.8. The third-order valence-corrected chi connectivity index (χ3v) is 7.81. The summed E-state index contributed by atoms with van der Waals surface area (Å²) in [6.07, 6.45) is 5.27. The van der Waals surface area contributed by atoms with Crippen molar-refractivity contribution in [3.8, 4) is 11.1 Å². The van der Waals surface area contributed by atoms with Gasteiger partial charge in [-0.3, -0.25) is 9.71 Å². The van der Waals surface area contributed by atoms with E-state index in [1.165, 1.54) is 36.2 Å². The molecule has 0 saturated heterocycles. The molecule has 3 aromatic rings. The van der Waals surface area contributed by atoms with E-state index >= 15 is 0 Å². The fourth-order valence-electron chi connectivity index (χ4n) is 2.92. The highest BCUT2D eigenvalue weighted by atomic mass is 33.1. The Kier molecular flexibility index (Phi) is 9.11. The zero-order chi connectivity index (χ0) is 24.6. The molecule has 2 aromatic carbocycles. The van der Waals surface area contributed by atoms with Crippen LogP contribution < -0.4 is 10.5 Å². The molecule has 0 aliphatic heterocycles. The van der Waals surface area contributed by atoms with Crippen LogP contribution in [0.5, 0.6) is 0 Å². The second kappa shape index (κ2) is 12.0.